The van der Waals surface area contributed by atoms with Gasteiger partial charge in [-0.05, 0) is 41.6 Å². The Bertz CT molecular complexity index is 1010. The lowest BCUT2D eigenvalue weighted by Crippen LogP contribution is -2.04. The van der Waals surface area contributed by atoms with Crippen molar-refractivity contribution in [2.45, 2.75) is 6.54 Å². The Labute approximate surface area is 151 Å². The second-order valence-electron chi connectivity index (χ2n) is 5.30. The molecule has 124 valence electrons. The summed E-state index contributed by atoms with van der Waals surface area (Å²) in [5, 5.41) is 15.9. The zero-order valence-corrected chi connectivity index (χ0v) is 14.4. The van der Waals surface area contributed by atoms with Crippen molar-refractivity contribution in [3.8, 4) is 22.0 Å². The molecule has 2 aromatic heterocycles. The molecule has 4 rings (SSSR count). The molecule has 8 heteroatoms. The Morgan fingerprint density at radius 1 is 1.08 bits per heavy atom. The van der Waals surface area contributed by atoms with Crippen LogP contribution in [-0.2, 0) is 6.54 Å². The van der Waals surface area contributed by atoms with Gasteiger partial charge in [0, 0.05) is 21.5 Å². The number of nitrogens with zero attached hydrogens (tertiary/aromatic N) is 5. The summed E-state index contributed by atoms with van der Waals surface area (Å²) in [5.41, 5.74) is 2.51. The van der Waals surface area contributed by atoms with Crippen LogP contribution >= 0.6 is 22.9 Å². The molecule has 0 unspecified atom stereocenters. The summed E-state index contributed by atoms with van der Waals surface area (Å²) < 4.78 is 13.0. The summed E-state index contributed by atoms with van der Waals surface area (Å²) in [6.45, 7) is 0.408. The van der Waals surface area contributed by atoms with Crippen molar-refractivity contribution in [1.82, 2.24) is 25.2 Å². The fourth-order valence-electron chi connectivity index (χ4n) is 2.30. The maximum Gasteiger partial charge on any atom is 0.204 e. The first-order valence-electron chi connectivity index (χ1n) is 7.41. The Kier molecular flexibility index (Phi) is 4.25. The average Bonchev–Trinajstić information content (AvgIpc) is 3.26. The lowest BCUT2D eigenvalue weighted by molar-refractivity contribution is 0.566. The van der Waals surface area contributed by atoms with E-state index in [1.54, 1.807) is 24.3 Å². The van der Waals surface area contributed by atoms with E-state index in [0.29, 0.717) is 17.4 Å². The number of benzene rings is 2. The van der Waals surface area contributed by atoms with Gasteiger partial charge < -0.3 is 0 Å². The topological polar surface area (TPSA) is 56.5 Å². The van der Waals surface area contributed by atoms with Crippen molar-refractivity contribution in [3.63, 3.8) is 0 Å². The molecule has 0 fully saturated rings. The Morgan fingerprint density at radius 2 is 1.92 bits per heavy atom. The fraction of sp³-hybridized carbons (Fsp3) is 0.0588. The van der Waals surface area contributed by atoms with Crippen LogP contribution in [0, 0.1) is 5.82 Å². The summed E-state index contributed by atoms with van der Waals surface area (Å²) in [5.74, 6) is 0.248. The lowest BCUT2D eigenvalue weighted by Gasteiger charge is -1.96. The zero-order valence-electron chi connectivity index (χ0n) is 12.8. The Hall–Kier alpha value is -2.64. The summed E-state index contributed by atoms with van der Waals surface area (Å²) in [4.78, 5) is 6.03. The molecular weight excluding hydrogens is 361 g/mol. The zero-order chi connectivity index (χ0) is 17.2. The van der Waals surface area contributed by atoms with Crippen LogP contribution in [0.2, 0.25) is 5.02 Å². The molecule has 4 aromatic rings. The SMILES string of the molecule is Fc1ccc(-c2nc(Cn3nnc(-c4cccc(Cl)c4)n3)cs2)cc1. The highest BCUT2D eigenvalue weighted by Crippen LogP contribution is 2.24. The summed E-state index contributed by atoms with van der Waals surface area (Å²) >= 11 is 7.48. The number of rotatable bonds is 4. The van der Waals surface area contributed by atoms with E-state index in [9.17, 15) is 4.39 Å². The van der Waals surface area contributed by atoms with Crippen LogP contribution in [-0.4, -0.2) is 25.2 Å². The molecule has 0 aliphatic heterocycles. The largest absolute Gasteiger partial charge is 0.239 e. The van der Waals surface area contributed by atoms with Crippen molar-refractivity contribution in [2.24, 2.45) is 0 Å². The van der Waals surface area contributed by atoms with E-state index in [-0.39, 0.29) is 5.82 Å². The van der Waals surface area contributed by atoms with Gasteiger partial charge in [0.15, 0.2) is 0 Å². The fourth-order valence-corrected chi connectivity index (χ4v) is 3.31. The first kappa shape index (κ1) is 15.9. The van der Waals surface area contributed by atoms with E-state index < -0.39 is 0 Å². The van der Waals surface area contributed by atoms with Crippen LogP contribution in [0.5, 0.6) is 0 Å². The molecule has 0 atom stereocenters. The van der Waals surface area contributed by atoms with Gasteiger partial charge in [-0.2, -0.15) is 4.80 Å². The number of aromatic nitrogens is 5. The van der Waals surface area contributed by atoms with E-state index >= 15 is 0 Å². The van der Waals surface area contributed by atoms with E-state index in [4.69, 9.17) is 11.6 Å². The Morgan fingerprint density at radius 3 is 2.72 bits per heavy atom. The van der Waals surface area contributed by atoms with Crippen LogP contribution in [0.1, 0.15) is 5.69 Å². The molecule has 0 amide bonds. The van der Waals surface area contributed by atoms with Gasteiger partial charge in [0.1, 0.15) is 17.4 Å². The molecule has 0 radical (unpaired) electrons. The number of tetrazole rings is 1. The highest BCUT2D eigenvalue weighted by atomic mass is 35.5. The van der Waals surface area contributed by atoms with Crippen LogP contribution in [0.3, 0.4) is 0 Å². The molecule has 0 saturated heterocycles. The molecule has 0 saturated carbocycles. The molecule has 5 nitrogen and oxygen atoms in total. The van der Waals surface area contributed by atoms with Crippen molar-refractivity contribution < 1.29 is 4.39 Å². The monoisotopic (exact) mass is 371 g/mol. The number of thiazole rings is 1. The van der Waals surface area contributed by atoms with Gasteiger partial charge in [0.25, 0.3) is 0 Å². The molecule has 25 heavy (non-hydrogen) atoms. The molecule has 0 bridgehead atoms. The van der Waals surface area contributed by atoms with E-state index in [0.717, 1.165) is 21.8 Å². The van der Waals surface area contributed by atoms with Gasteiger partial charge in [0.2, 0.25) is 5.82 Å². The van der Waals surface area contributed by atoms with Gasteiger partial charge in [-0.1, -0.05) is 23.7 Å². The van der Waals surface area contributed by atoms with Gasteiger partial charge in [-0.3, -0.25) is 0 Å². The second-order valence-corrected chi connectivity index (χ2v) is 6.60. The van der Waals surface area contributed by atoms with Gasteiger partial charge in [-0.25, -0.2) is 9.37 Å². The highest BCUT2D eigenvalue weighted by Gasteiger charge is 2.10. The van der Waals surface area contributed by atoms with Gasteiger partial charge in [0.05, 0.1) is 5.69 Å². The van der Waals surface area contributed by atoms with Crippen molar-refractivity contribution in [2.75, 3.05) is 0 Å². The van der Waals surface area contributed by atoms with Crippen molar-refractivity contribution >= 4 is 22.9 Å². The maximum absolute atomic E-state index is 13.0. The van der Waals surface area contributed by atoms with Gasteiger partial charge >= 0.3 is 0 Å². The third-order valence-corrected chi connectivity index (χ3v) is 4.66. The standard InChI is InChI=1S/C17H11ClFN5S/c18-13-3-1-2-12(8-13)16-21-23-24(22-16)9-15-10-25-17(20-15)11-4-6-14(19)7-5-11/h1-8,10H,9H2. The predicted octanol–water partition coefficient (Wildman–Crippen LogP) is 4.30. The van der Waals surface area contributed by atoms with E-state index in [1.165, 1.54) is 28.3 Å². The molecular formula is C17H11ClFN5S. The lowest BCUT2D eigenvalue weighted by atomic mass is 10.2. The van der Waals surface area contributed by atoms with Crippen LogP contribution < -0.4 is 0 Å². The van der Waals surface area contributed by atoms with Crippen LogP contribution in [0.4, 0.5) is 4.39 Å². The maximum atomic E-state index is 13.0. The van der Waals surface area contributed by atoms with Crippen LogP contribution in [0.25, 0.3) is 22.0 Å². The normalized spacial score (nSPS) is 11.0. The van der Waals surface area contributed by atoms with Gasteiger partial charge in [-0.15, -0.1) is 21.5 Å². The van der Waals surface area contributed by atoms with Crippen molar-refractivity contribution in [1.29, 1.82) is 0 Å². The van der Waals surface area contributed by atoms with Crippen molar-refractivity contribution in [3.05, 3.63) is 70.4 Å². The molecule has 2 heterocycles. The van der Waals surface area contributed by atoms with E-state index in [2.05, 4.69) is 20.4 Å². The third-order valence-electron chi connectivity index (χ3n) is 3.48. The first-order valence-corrected chi connectivity index (χ1v) is 8.67. The minimum atomic E-state index is -0.263. The minimum absolute atomic E-state index is 0.263. The van der Waals surface area contributed by atoms with E-state index in [1.807, 2.05) is 17.5 Å². The molecule has 0 aliphatic carbocycles. The Balaban J connectivity index is 1.52. The second kappa shape index (κ2) is 6.70. The summed E-state index contributed by atoms with van der Waals surface area (Å²) in [7, 11) is 0. The summed E-state index contributed by atoms with van der Waals surface area (Å²) in [6.07, 6.45) is 0. The summed E-state index contributed by atoms with van der Waals surface area (Å²) in [6, 6.07) is 13.6. The molecule has 0 N–H and O–H groups in total. The average molecular weight is 372 g/mol. The predicted molar refractivity (Wildman–Crippen MR) is 94.9 cm³/mol. The molecule has 0 aliphatic rings. The minimum Gasteiger partial charge on any atom is -0.239 e. The smallest absolute Gasteiger partial charge is 0.204 e. The number of hydrogen-bond donors (Lipinski definition) is 0. The first-order chi connectivity index (χ1) is 12.2. The number of hydrogen-bond acceptors (Lipinski definition) is 5. The third kappa shape index (κ3) is 3.57. The molecule has 2 aromatic carbocycles. The quantitative estimate of drug-likeness (QED) is 0.536. The van der Waals surface area contributed by atoms with Crippen LogP contribution in [0.15, 0.2) is 53.9 Å². The molecule has 0 spiro atoms. The number of halogens is 2. The highest BCUT2D eigenvalue weighted by molar-refractivity contribution is 7.13.